The molecule has 0 amide bonds. The van der Waals surface area contributed by atoms with Gasteiger partial charge in [-0.3, -0.25) is 4.84 Å². The summed E-state index contributed by atoms with van der Waals surface area (Å²) in [5, 5.41) is 1.15. The van der Waals surface area contributed by atoms with Gasteiger partial charge in [0, 0.05) is 17.8 Å². The average molecular weight is 535 g/mol. The van der Waals surface area contributed by atoms with Crippen LogP contribution in [0.15, 0.2) is 23.3 Å². The molecule has 3 aliphatic rings. The van der Waals surface area contributed by atoms with E-state index < -0.39 is 18.1 Å². The molecule has 1 saturated carbocycles. The molecule has 1 fully saturated rings. The van der Waals surface area contributed by atoms with Crippen molar-refractivity contribution in [2.45, 2.75) is 116 Å². The number of halogens is 3. The molecule has 4 nitrogen and oxygen atoms in total. The number of ether oxygens (including phenoxy) is 1. The van der Waals surface area contributed by atoms with E-state index in [0.29, 0.717) is 43.8 Å². The van der Waals surface area contributed by atoms with Crippen LogP contribution in [-0.2, 0) is 17.7 Å². The summed E-state index contributed by atoms with van der Waals surface area (Å²) in [6.45, 7) is 3.03. The number of hydrogen-bond acceptors (Lipinski definition) is 4. The van der Waals surface area contributed by atoms with Gasteiger partial charge in [-0.25, -0.2) is 14.4 Å². The Morgan fingerprint density at radius 1 is 0.921 bits per heavy atom. The fraction of sp³-hybridized carbons (Fsp3) is 0.710. The molecule has 1 aliphatic heterocycles. The lowest BCUT2D eigenvalue weighted by atomic mass is 9.80. The molecule has 1 aromatic carbocycles. The second-order valence-corrected chi connectivity index (χ2v) is 11.2. The topological polar surface area (TPSA) is 34.1 Å². The molecule has 2 atom stereocenters. The van der Waals surface area contributed by atoms with Crippen LogP contribution in [0.4, 0.5) is 13.2 Å². The number of nitrogens with zero attached hydrogens (tertiary/aromatic N) is 2. The second kappa shape index (κ2) is 14.9. The Morgan fingerprint density at radius 2 is 1.66 bits per heavy atom. The van der Waals surface area contributed by atoms with E-state index >= 15 is 4.39 Å². The number of hydrogen-bond donors (Lipinski definition) is 0. The maximum Gasteiger partial charge on any atom is 0.288 e. The lowest BCUT2D eigenvalue weighted by Gasteiger charge is -2.30. The Labute approximate surface area is 226 Å². The van der Waals surface area contributed by atoms with E-state index in [1.54, 1.807) is 18.3 Å². The lowest BCUT2D eigenvalue weighted by Crippen LogP contribution is -2.33. The minimum atomic E-state index is -1.62. The minimum absolute atomic E-state index is 0.00249. The average Bonchev–Trinajstić information content (AvgIpc) is 3.75. The van der Waals surface area contributed by atoms with Crippen molar-refractivity contribution in [1.29, 1.82) is 0 Å². The monoisotopic (exact) mass is 534 g/mol. The molecule has 0 aromatic heterocycles. The summed E-state index contributed by atoms with van der Waals surface area (Å²) in [6.07, 6.45) is 18.5. The Bertz CT molecular complexity index is 948. The molecule has 0 radical (unpaired) electrons. The lowest BCUT2D eigenvalue weighted by molar-refractivity contribution is -0.180. The summed E-state index contributed by atoms with van der Waals surface area (Å²) in [7, 11) is 0. The highest BCUT2D eigenvalue weighted by Gasteiger charge is 2.30. The largest absolute Gasteiger partial charge is 0.490 e. The summed E-state index contributed by atoms with van der Waals surface area (Å²) in [4.78, 5) is 9.77. The molecule has 0 spiro atoms. The van der Waals surface area contributed by atoms with Crippen LogP contribution in [0.25, 0.3) is 0 Å². The SMILES string of the molecule is CCCCCCCCOc1cc2c(c(F)c1F)CC(C1=NC(F)N(OCCCCCCC3CC3)C=C1)CC2. The summed E-state index contributed by atoms with van der Waals surface area (Å²) in [5.41, 5.74) is 1.71. The van der Waals surface area contributed by atoms with Gasteiger partial charge in [0.05, 0.1) is 13.2 Å². The van der Waals surface area contributed by atoms with Crippen molar-refractivity contribution < 1.29 is 22.7 Å². The Hall–Kier alpha value is -2.02. The van der Waals surface area contributed by atoms with E-state index in [2.05, 4.69) is 11.9 Å². The van der Waals surface area contributed by atoms with Crippen LogP contribution in [0.2, 0.25) is 0 Å². The number of aliphatic imine (C=N–C) groups is 1. The van der Waals surface area contributed by atoms with Crippen molar-refractivity contribution in [2.75, 3.05) is 13.2 Å². The fourth-order valence-electron chi connectivity index (χ4n) is 5.49. The van der Waals surface area contributed by atoms with E-state index in [1.165, 1.54) is 51.4 Å². The molecule has 7 heteroatoms. The normalized spacial score (nSPS) is 20.9. The number of benzene rings is 1. The van der Waals surface area contributed by atoms with E-state index in [9.17, 15) is 8.78 Å². The highest BCUT2D eigenvalue weighted by molar-refractivity contribution is 5.97. The molecule has 38 heavy (non-hydrogen) atoms. The first-order chi connectivity index (χ1) is 18.6. The van der Waals surface area contributed by atoms with Gasteiger partial charge in [0.25, 0.3) is 6.42 Å². The van der Waals surface area contributed by atoms with E-state index in [0.717, 1.165) is 48.6 Å². The molecule has 4 rings (SSSR count). The Balaban J connectivity index is 1.21. The van der Waals surface area contributed by atoms with Gasteiger partial charge < -0.3 is 4.74 Å². The quantitative estimate of drug-likeness (QED) is 0.148. The predicted octanol–water partition coefficient (Wildman–Crippen LogP) is 8.62. The first-order valence-electron chi connectivity index (χ1n) is 15.0. The van der Waals surface area contributed by atoms with Crippen LogP contribution >= 0.6 is 0 Å². The smallest absolute Gasteiger partial charge is 0.288 e. The molecular formula is C31H45F3N2O2. The zero-order chi connectivity index (χ0) is 26.7. The maximum atomic E-state index is 15.0. The highest BCUT2D eigenvalue weighted by atomic mass is 19.2. The van der Waals surface area contributed by atoms with Gasteiger partial charge in [-0.05, 0) is 61.3 Å². The third-order valence-corrected chi connectivity index (χ3v) is 8.06. The van der Waals surface area contributed by atoms with Crippen LogP contribution < -0.4 is 4.74 Å². The second-order valence-electron chi connectivity index (χ2n) is 11.2. The number of rotatable bonds is 17. The van der Waals surface area contributed by atoms with Crippen molar-refractivity contribution in [3.05, 3.63) is 41.1 Å². The van der Waals surface area contributed by atoms with Gasteiger partial charge in [0.1, 0.15) is 0 Å². The van der Waals surface area contributed by atoms with Gasteiger partial charge in [-0.2, -0.15) is 8.78 Å². The maximum absolute atomic E-state index is 15.0. The standard InChI is InChI=1S/C31H45F3N2O2/c1-2-3-4-5-7-10-19-37-28-22-24-15-16-25(21-26(24)29(32)30(28)33)27-17-18-36(31(34)35-27)38-20-11-8-6-9-12-23-13-14-23/h17-18,22-23,25,31H,2-16,19-21H2,1H3. The number of allylic oxidation sites excluding steroid dienone is 1. The highest BCUT2D eigenvalue weighted by Crippen LogP contribution is 2.36. The number of alkyl halides is 1. The van der Waals surface area contributed by atoms with Crippen LogP contribution in [0.1, 0.15) is 108 Å². The van der Waals surface area contributed by atoms with Gasteiger partial charge in [0.2, 0.25) is 5.82 Å². The minimum Gasteiger partial charge on any atom is -0.490 e. The molecule has 212 valence electrons. The zero-order valence-corrected chi connectivity index (χ0v) is 23.0. The van der Waals surface area contributed by atoms with Crippen molar-refractivity contribution in [3.63, 3.8) is 0 Å². The van der Waals surface area contributed by atoms with Gasteiger partial charge >= 0.3 is 0 Å². The zero-order valence-electron chi connectivity index (χ0n) is 23.0. The molecule has 1 aromatic rings. The summed E-state index contributed by atoms with van der Waals surface area (Å²) < 4.78 is 50.1. The molecule has 1 heterocycles. The summed E-state index contributed by atoms with van der Waals surface area (Å²) in [6, 6.07) is 1.65. The summed E-state index contributed by atoms with van der Waals surface area (Å²) in [5.74, 6) is -0.947. The van der Waals surface area contributed by atoms with E-state index in [4.69, 9.17) is 9.57 Å². The van der Waals surface area contributed by atoms with Crippen molar-refractivity contribution in [3.8, 4) is 5.75 Å². The third kappa shape index (κ3) is 8.49. The fourth-order valence-corrected chi connectivity index (χ4v) is 5.49. The van der Waals surface area contributed by atoms with Gasteiger partial charge in [0.15, 0.2) is 11.6 Å². The van der Waals surface area contributed by atoms with Gasteiger partial charge in [-0.15, -0.1) is 0 Å². The predicted molar refractivity (Wildman–Crippen MR) is 146 cm³/mol. The van der Waals surface area contributed by atoms with Gasteiger partial charge in [-0.1, -0.05) is 77.6 Å². The van der Waals surface area contributed by atoms with Crippen LogP contribution in [0, 0.1) is 23.5 Å². The summed E-state index contributed by atoms with van der Waals surface area (Å²) >= 11 is 0. The number of unbranched alkanes of at least 4 members (excludes halogenated alkanes) is 8. The Kier molecular flexibility index (Phi) is 11.4. The van der Waals surface area contributed by atoms with Crippen molar-refractivity contribution >= 4 is 5.71 Å². The first kappa shape index (κ1) is 29.0. The van der Waals surface area contributed by atoms with E-state index in [1.807, 2.05) is 0 Å². The van der Waals surface area contributed by atoms with Crippen LogP contribution in [-0.4, -0.2) is 30.4 Å². The molecule has 0 bridgehead atoms. The number of fused-ring (bicyclic) bond motifs is 1. The van der Waals surface area contributed by atoms with Crippen molar-refractivity contribution in [1.82, 2.24) is 5.06 Å². The van der Waals surface area contributed by atoms with Crippen LogP contribution in [0.5, 0.6) is 5.75 Å². The molecule has 0 saturated heterocycles. The molecule has 2 aliphatic carbocycles. The third-order valence-electron chi connectivity index (χ3n) is 8.06. The van der Waals surface area contributed by atoms with Crippen molar-refractivity contribution in [2.24, 2.45) is 16.8 Å². The molecule has 2 unspecified atom stereocenters. The first-order valence-corrected chi connectivity index (χ1v) is 15.0. The molecular weight excluding hydrogens is 489 g/mol. The van der Waals surface area contributed by atoms with E-state index in [-0.39, 0.29) is 11.7 Å². The number of hydroxylamine groups is 2. The number of aryl methyl sites for hydroxylation is 1. The Morgan fingerprint density at radius 3 is 2.42 bits per heavy atom. The molecule has 0 N–H and O–H groups in total. The van der Waals surface area contributed by atoms with Crippen LogP contribution in [0.3, 0.4) is 0 Å².